The summed E-state index contributed by atoms with van der Waals surface area (Å²) in [5, 5.41) is 13.0. The average molecular weight is 484 g/mol. The van der Waals surface area contributed by atoms with Gasteiger partial charge < -0.3 is 15.0 Å². The van der Waals surface area contributed by atoms with Crippen molar-refractivity contribution in [3.63, 3.8) is 0 Å². The fourth-order valence-electron chi connectivity index (χ4n) is 4.03. The number of aryl methyl sites for hydroxylation is 2. The molecule has 0 atom stereocenters. The second-order valence-corrected chi connectivity index (χ2v) is 10.5. The van der Waals surface area contributed by atoms with Crippen molar-refractivity contribution in [3.8, 4) is 5.75 Å². The predicted octanol–water partition coefficient (Wildman–Crippen LogP) is 3.92. The first kappa shape index (κ1) is 26.2. The summed E-state index contributed by atoms with van der Waals surface area (Å²) < 4.78 is 3.34. The fraction of sp³-hybridized carbons (Fsp3) is 0.538. The van der Waals surface area contributed by atoms with E-state index >= 15 is 0 Å². The Balaban J connectivity index is 1.91. The summed E-state index contributed by atoms with van der Waals surface area (Å²) in [6.45, 7) is 13.3. The van der Waals surface area contributed by atoms with E-state index in [2.05, 4.69) is 36.1 Å². The van der Waals surface area contributed by atoms with Gasteiger partial charge >= 0.3 is 5.69 Å². The summed E-state index contributed by atoms with van der Waals surface area (Å²) >= 11 is 0. The molecule has 9 nitrogen and oxygen atoms in total. The molecule has 2 heterocycles. The molecule has 3 N–H and O–H groups in total. The van der Waals surface area contributed by atoms with Crippen molar-refractivity contribution < 1.29 is 9.90 Å². The van der Waals surface area contributed by atoms with Crippen LogP contribution in [0.5, 0.6) is 5.75 Å². The summed E-state index contributed by atoms with van der Waals surface area (Å²) in [6, 6.07) is 5.21. The topological polar surface area (TPSA) is 122 Å². The lowest BCUT2D eigenvalue weighted by atomic mass is 9.87. The van der Waals surface area contributed by atoms with Gasteiger partial charge in [0.2, 0.25) is 5.91 Å². The van der Waals surface area contributed by atoms with E-state index in [9.17, 15) is 19.5 Å². The molecule has 190 valence electrons. The Morgan fingerprint density at radius 1 is 1.20 bits per heavy atom. The van der Waals surface area contributed by atoms with Crippen molar-refractivity contribution in [3.05, 3.63) is 50.4 Å². The van der Waals surface area contributed by atoms with Crippen molar-refractivity contribution in [2.75, 3.05) is 5.32 Å². The molecule has 0 aliphatic heterocycles. The molecule has 2 aromatic heterocycles. The number of nitrogens with one attached hydrogen (secondary N) is 2. The number of aromatic nitrogens is 4. The Morgan fingerprint density at radius 2 is 1.91 bits per heavy atom. The molecule has 0 aliphatic carbocycles. The van der Waals surface area contributed by atoms with Crippen LogP contribution in [0, 0.1) is 5.92 Å². The molecule has 0 fully saturated rings. The number of hydrogen-bond donors (Lipinski definition) is 3. The molecule has 1 amide bonds. The van der Waals surface area contributed by atoms with E-state index < -0.39 is 11.2 Å². The minimum Gasteiger partial charge on any atom is -0.506 e. The van der Waals surface area contributed by atoms with Crippen LogP contribution in [-0.4, -0.2) is 30.1 Å². The van der Waals surface area contributed by atoms with Gasteiger partial charge in [-0.1, -0.05) is 54.0 Å². The largest absolute Gasteiger partial charge is 0.506 e. The molecule has 3 rings (SSSR count). The van der Waals surface area contributed by atoms with Crippen molar-refractivity contribution in [1.82, 2.24) is 19.1 Å². The van der Waals surface area contributed by atoms with Crippen molar-refractivity contribution in [2.24, 2.45) is 5.92 Å². The Hall–Kier alpha value is -3.36. The van der Waals surface area contributed by atoms with Crippen LogP contribution in [0.15, 0.2) is 27.8 Å². The van der Waals surface area contributed by atoms with Crippen molar-refractivity contribution in [1.29, 1.82) is 0 Å². The number of rotatable bonds is 9. The van der Waals surface area contributed by atoms with Crippen LogP contribution in [0.2, 0.25) is 0 Å². The van der Waals surface area contributed by atoms with Crippen LogP contribution in [0.4, 0.5) is 5.69 Å². The van der Waals surface area contributed by atoms with Crippen LogP contribution in [0.3, 0.4) is 0 Å². The molecular weight excluding hydrogens is 446 g/mol. The molecule has 9 heteroatoms. The van der Waals surface area contributed by atoms with Crippen LogP contribution in [0.1, 0.15) is 72.2 Å². The van der Waals surface area contributed by atoms with Gasteiger partial charge in [0.15, 0.2) is 11.2 Å². The van der Waals surface area contributed by atoms with E-state index in [0.29, 0.717) is 35.8 Å². The number of aromatic hydroxyl groups is 1. The van der Waals surface area contributed by atoms with Gasteiger partial charge in [-0.05, 0) is 35.4 Å². The maximum Gasteiger partial charge on any atom is 0.330 e. The highest BCUT2D eigenvalue weighted by Crippen LogP contribution is 2.30. The zero-order valence-corrected chi connectivity index (χ0v) is 21.6. The van der Waals surface area contributed by atoms with Crippen molar-refractivity contribution in [2.45, 2.75) is 85.7 Å². The molecule has 0 saturated heterocycles. The van der Waals surface area contributed by atoms with Crippen LogP contribution < -0.4 is 16.6 Å². The molecule has 1 aromatic carbocycles. The summed E-state index contributed by atoms with van der Waals surface area (Å²) in [5.74, 6) is 0.544. The minimum atomic E-state index is -0.469. The van der Waals surface area contributed by atoms with E-state index in [1.165, 1.54) is 4.57 Å². The second-order valence-electron chi connectivity index (χ2n) is 10.5. The maximum absolute atomic E-state index is 12.8. The Bertz CT molecular complexity index is 1320. The number of unbranched alkanes of at least 4 members (excludes halogenated alkanes) is 1. The lowest BCUT2D eigenvalue weighted by Gasteiger charge is -2.20. The molecule has 0 saturated carbocycles. The van der Waals surface area contributed by atoms with Crippen LogP contribution in [-0.2, 0) is 29.7 Å². The normalized spacial score (nSPS) is 12.0. The first-order valence-corrected chi connectivity index (χ1v) is 12.3. The summed E-state index contributed by atoms with van der Waals surface area (Å²) in [4.78, 5) is 45.1. The molecular formula is C26H37N5O4. The monoisotopic (exact) mass is 483 g/mol. The number of amides is 1. The van der Waals surface area contributed by atoms with Gasteiger partial charge in [0.1, 0.15) is 11.6 Å². The minimum absolute atomic E-state index is 0.00451. The number of aromatic amines is 1. The van der Waals surface area contributed by atoms with E-state index in [-0.39, 0.29) is 35.8 Å². The Kier molecular flexibility index (Phi) is 7.87. The number of anilines is 1. The molecule has 0 radical (unpaired) electrons. The standard InChI is InChI=1S/C26H37N5O4/c1-7-8-13-30-23-22(24(34)29-25(30)35)31(15-16(2)3)20(28-23)11-12-21(33)27-18-14-17(26(4,5)6)9-10-19(18)32/h9-10,14,16,32H,7-8,11-13,15H2,1-6H3,(H,27,33)(H,29,34,35). The number of imidazole rings is 1. The zero-order chi connectivity index (χ0) is 25.9. The molecule has 0 unspecified atom stereocenters. The zero-order valence-electron chi connectivity index (χ0n) is 21.6. The van der Waals surface area contributed by atoms with Gasteiger partial charge in [0, 0.05) is 25.9 Å². The highest BCUT2D eigenvalue weighted by atomic mass is 16.3. The third kappa shape index (κ3) is 6.01. The SMILES string of the molecule is CCCCn1c(=O)[nH]c(=O)c2c1nc(CCC(=O)Nc1cc(C(C)(C)C)ccc1O)n2CC(C)C. The second kappa shape index (κ2) is 10.5. The number of H-pyrrole nitrogens is 1. The van der Waals surface area contributed by atoms with Gasteiger partial charge in [-0.2, -0.15) is 0 Å². The smallest absolute Gasteiger partial charge is 0.330 e. The van der Waals surface area contributed by atoms with Gasteiger partial charge in [-0.3, -0.25) is 19.1 Å². The number of carbonyl (C=O) groups excluding carboxylic acids is 1. The summed E-state index contributed by atoms with van der Waals surface area (Å²) in [5.41, 5.74) is 1.01. The number of phenolic OH excluding ortho intramolecular Hbond substituents is 1. The molecule has 0 aliphatic rings. The van der Waals surface area contributed by atoms with E-state index in [0.717, 1.165) is 18.4 Å². The molecule has 0 spiro atoms. The average Bonchev–Trinajstić information content (AvgIpc) is 3.10. The number of phenols is 1. The Morgan fingerprint density at radius 3 is 2.54 bits per heavy atom. The number of fused-ring (bicyclic) bond motifs is 1. The van der Waals surface area contributed by atoms with E-state index in [1.807, 2.05) is 31.4 Å². The lowest BCUT2D eigenvalue weighted by molar-refractivity contribution is -0.116. The number of hydrogen-bond acceptors (Lipinski definition) is 5. The first-order valence-electron chi connectivity index (χ1n) is 12.3. The lowest BCUT2D eigenvalue weighted by Crippen LogP contribution is -2.31. The molecule has 0 bridgehead atoms. The number of carbonyl (C=O) groups is 1. The predicted molar refractivity (Wildman–Crippen MR) is 138 cm³/mol. The van der Waals surface area contributed by atoms with Gasteiger partial charge in [0.05, 0.1) is 5.69 Å². The molecule has 3 aromatic rings. The van der Waals surface area contributed by atoms with Crippen LogP contribution in [0.25, 0.3) is 11.2 Å². The van der Waals surface area contributed by atoms with Crippen molar-refractivity contribution >= 4 is 22.8 Å². The number of nitrogens with zero attached hydrogens (tertiary/aromatic N) is 3. The third-order valence-electron chi connectivity index (χ3n) is 5.96. The summed E-state index contributed by atoms with van der Waals surface area (Å²) in [6.07, 6.45) is 2.08. The number of benzene rings is 1. The highest BCUT2D eigenvalue weighted by Gasteiger charge is 2.21. The first-order chi connectivity index (χ1) is 16.4. The van der Waals surface area contributed by atoms with Gasteiger partial charge in [-0.15, -0.1) is 0 Å². The van der Waals surface area contributed by atoms with Gasteiger partial charge in [-0.25, -0.2) is 9.78 Å². The maximum atomic E-state index is 12.8. The third-order valence-corrected chi connectivity index (χ3v) is 5.96. The highest BCUT2D eigenvalue weighted by molar-refractivity contribution is 5.92. The van der Waals surface area contributed by atoms with Gasteiger partial charge in [0.25, 0.3) is 5.56 Å². The molecule has 35 heavy (non-hydrogen) atoms. The summed E-state index contributed by atoms with van der Waals surface area (Å²) in [7, 11) is 0. The van der Waals surface area contributed by atoms with Crippen LogP contribution >= 0.6 is 0 Å². The van der Waals surface area contributed by atoms with E-state index in [1.54, 1.807) is 12.1 Å². The Labute approximate surface area is 205 Å². The quantitative estimate of drug-likeness (QED) is 0.398. The van der Waals surface area contributed by atoms with E-state index in [4.69, 9.17) is 0 Å². The fourth-order valence-corrected chi connectivity index (χ4v) is 4.03.